The number of carbonyl (C=O) groups excluding carboxylic acids is 3. The highest BCUT2D eigenvalue weighted by Crippen LogP contribution is 2.34. The summed E-state index contributed by atoms with van der Waals surface area (Å²) >= 11 is 1.68. The van der Waals surface area contributed by atoms with Gasteiger partial charge in [-0.1, -0.05) is 29.5 Å². The number of para-hydroxylation sites is 1. The lowest BCUT2D eigenvalue weighted by Crippen LogP contribution is -2.49. The van der Waals surface area contributed by atoms with E-state index in [1.165, 1.54) is 0 Å². The monoisotopic (exact) mass is 493 g/mol. The molecule has 1 N–H and O–H groups in total. The minimum absolute atomic E-state index is 0.262. The molecule has 1 aromatic heterocycles. The highest BCUT2D eigenvalue weighted by atomic mass is 32.1. The number of thiazole rings is 1. The summed E-state index contributed by atoms with van der Waals surface area (Å²) in [6.45, 7) is 6.92. The van der Waals surface area contributed by atoms with Crippen molar-refractivity contribution in [2.75, 3.05) is 57.3 Å². The fourth-order valence-corrected chi connectivity index (χ4v) is 5.45. The maximum absolute atomic E-state index is 12.4. The Labute approximate surface area is 207 Å². The molecule has 0 radical (unpaired) electrons. The van der Waals surface area contributed by atoms with Crippen LogP contribution in [0.1, 0.15) is 27.6 Å². The summed E-state index contributed by atoms with van der Waals surface area (Å²) in [4.78, 5) is 47.6. The molecule has 3 heterocycles. The first-order valence-corrected chi connectivity index (χ1v) is 12.6. The van der Waals surface area contributed by atoms with Gasteiger partial charge in [-0.05, 0) is 31.2 Å². The number of nitrogens with zero attached hydrogens (tertiary/aromatic N) is 4. The van der Waals surface area contributed by atoms with E-state index in [9.17, 15) is 14.4 Å². The van der Waals surface area contributed by atoms with Crippen LogP contribution >= 0.6 is 11.3 Å². The number of nitrogens with one attached hydrogen (secondary N) is 1. The Balaban J connectivity index is 1.08. The fraction of sp³-hybridized carbons (Fsp3) is 0.360. The first-order valence-electron chi connectivity index (χ1n) is 11.8. The van der Waals surface area contributed by atoms with Gasteiger partial charge in [-0.3, -0.25) is 24.2 Å². The van der Waals surface area contributed by atoms with E-state index in [0.717, 1.165) is 52.2 Å². The van der Waals surface area contributed by atoms with E-state index < -0.39 is 11.8 Å². The number of amides is 3. The SMILES string of the molecule is CCOc1cccc2sc(N3CCN(CCNC(=O)CN4C(=O)c5ccccc5C4=O)CC3)nc12. The predicted octanol–water partition coefficient (Wildman–Crippen LogP) is 2.23. The van der Waals surface area contributed by atoms with E-state index in [2.05, 4.69) is 21.2 Å². The van der Waals surface area contributed by atoms with Gasteiger partial charge in [0.25, 0.3) is 11.8 Å². The Hall–Kier alpha value is -3.50. The number of imide groups is 1. The quantitative estimate of drug-likeness (QED) is 0.481. The second kappa shape index (κ2) is 10.0. The molecule has 9 nitrogen and oxygen atoms in total. The van der Waals surface area contributed by atoms with Gasteiger partial charge >= 0.3 is 0 Å². The molecule has 2 aliphatic heterocycles. The predicted molar refractivity (Wildman–Crippen MR) is 134 cm³/mol. The van der Waals surface area contributed by atoms with Crippen LogP contribution in [0.3, 0.4) is 0 Å². The summed E-state index contributed by atoms with van der Waals surface area (Å²) in [5.74, 6) is -0.346. The Bertz CT molecular complexity index is 1230. The van der Waals surface area contributed by atoms with Crippen molar-refractivity contribution in [1.29, 1.82) is 0 Å². The summed E-state index contributed by atoms with van der Waals surface area (Å²) < 4.78 is 6.83. The number of fused-ring (bicyclic) bond motifs is 2. The number of ether oxygens (including phenoxy) is 1. The molecule has 0 atom stereocenters. The summed E-state index contributed by atoms with van der Waals surface area (Å²) in [6.07, 6.45) is 0. The molecular formula is C25H27N5O4S. The van der Waals surface area contributed by atoms with Crippen molar-refractivity contribution in [3.63, 3.8) is 0 Å². The summed E-state index contributed by atoms with van der Waals surface area (Å²) in [5.41, 5.74) is 1.62. The fourth-order valence-electron chi connectivity index (χ4n) is 4.42. The average Bonchev–Trinajstić information content (AvgIpc) is 3.41. The van der Waals surface area contributed by atoms with Crippen molar-refractivity contribution in [3.8, 4) is 5.75 Å². The van der Waals surface area contributed by atoms with E-state index in [1.807, 2.05) is 19.1 Å². The summed E-state index contributed by atoms with van der Waals surface area (Å²) in [7, 11) is 0. The third-order valence-electron chi connectivity index (χ3n) is 6.24. The number of carbonyl (C=O) groups is 3. The second-order valence-corrected chi connectivity index (χ2v) is 9.46. The van der Waals surface area contributed by atoms with E-state index in [-0.39, 0.29) is 12.5 Å². The van der Waals surface area contributed by atoms with Gasteiger partial charge in [0.2, 0.25) is 5.91 Å². The largest absolute Gasteiger partial charge is 0.492 e. The Morgan fingerprint density at radius 3 is 2.43 bits per heavy atom. The van der Waals surface area contributed by atoms with Crippen molar-refractivity contribution >= 4 is 44.4 Å². The smallest absolute Gasteiger partial charge is 0.262 e. The number of hydrogen-bond acceptors (Lipinski definition) is 8. The number of anilines is 1. The van der Waals surface area contributed by atoms with Gasteiger partial charge in [0.1, 0.15) is 17.8 Å². The van der Waals surface area contributed by atoms with Crippen molar-refractivity contribution in [2.24, 2.45) is 0 Å². The molecule has 2 aliphatic rings. The zero-order valence-electron chi connectivity index (χ0n) is 19.5. The topological polar surface area (TPSA) is 95.1 Å². The van der Waals surface area contributed by atoms with Gasteiger partial charge in [0, 0.05) is 39.3 Å². The second-order valence-electron chi connectivity index (χ2n) is 8.45. The van der Waals surface area contributed by atoms with Crippen molar-refractivity contribution in [1.82, 2.24) is 20.1 Å². The molecule has 35 heavy (non-hydrogen) atoms. The van der Waals surface area contributed by atoms with Gasteiger partial charge in [0.05, 0.1) is 22.4 Å². The van der Waals surface area contributed by atoms with Crippen molar-refractivity contribution in [2.45, 2.75) is 6.92 Å². The van der Waals surface area contributed by atoms with Gasteiger partial charge in [-0.2, -0.15) is 0 Å². The van der Waals surface area contributed by atoms with Crippen LogP contribution in [0.25, 0.3) is 10.2 Å². The molecule has 0 bridgehead atoms. The molecule has 10 heteroatoms. The zero-order chi connectivity index (χ0) is 24.4. The third kappa shape index (κ3) is 4.71. The van der Waals surface area contributed by atoms with Crippen LogP contribution in [0, 0.1) is 0 Å². The summed E-state index contributed by atoms with van der Waals surface area (Å²) in [5, 5.41) is 3.84. The molecular weight excluding hydrogens is 466 g/mol. The Morgan fingerprint density at radius 2 is 1.74 bits per heavy atom. The maximum atomic E-state index is 12.4. The van der Waals surface area contributed by atoms with Gasteiger partial charge in [-0.25, -0.2) is 4.98 Å². The summed E-state index contributed by atoms with van der Waals surface area (Å²) in [6, 6.07) is 12.7. The molecule has 1 saturated heterocycles. The average molecular weight is 494 g/mol. The normalized spacial score (nSPS) is 16.1. The van der Waals surface area contributed by atoms with Crippen LogP contribution in [0.2, 0.25) is 0 Å². The minimum atomic E-state index is -0.417. The molecule has 0 saturated carbocycles. The van der Waals surface area contributed by atoms with E-state index in [1.54, 1.807) is 35.6 Å². The third-order valence-corrected chi connectivity index (χ3v) is 7.32. The number of rotatable bonds is 8. The molecule has 1 fully saturated rings. The van der Waals surface area contributed by atoms with Crippen molar-refractivity contribution in [3.05, 3.63) is 53.6 Å². The lowest BCUT2D eigenvalue weighted by molar-refractivity contribution is -0.121. The van der Waals surface area contributed by atoms with Crippen LogP contribution in [0.4, 0.5) is 5.13 Å². The minimum Gasteiger partial charge on any atom is -0.492 e. The molecule has 0 aliphatic carbocycles. The van der Waals surface area contributed by atoms with Crippen LogP contribution < -0.4 is 15.0 Å². The van der Waals surface area contributed by atoms with Crippen LogP contribution in [0.5, 0.6) is 5.75 Å². The highest BCUT2D eigenvalue weighted by Gasteiger charge is 2.36. The molecule has 5 rings (SSSR count). The number of piperazine rings is 1. The molecule has 182 valence electrons. The van der Waals surface area contributed by atoms with Crippen LogP contribution in [-0.4, -0.2) is 84.9 Å². The van der Waals surface area contributed by atoms with Gasteiger partial charge in [0.15, 0.2) is 5.13 Å². The van der Waals surface area contributed by atoms with E-state index in [0.29, 0.717) is 30.8 Å². The number of hydrogen-bond donors (Lipinski definition) is 1. The molecule has 0 unspecified atom stereocenters. The first-order chi connectivity index (χ1) is 17.0. The van der Waals surface area contributed by atoms with Gasteiger partial charge < -0.3 is 15.0 Å². The van der Waals surface area contributed by atoms with Gasteiger partial charge in [-0.15, -0.1) is 0 Å². The van der Waals surface area contributed by atoms with E-state index in [4.69, 9.17) is 9.72 Å². The standard InChI is InChI=1S/C25H27N5O4S/c1-2-34-19-8-5-9-20-22(19)27-25(35-20)29-14-12-28(13-15-29)11-10-26-21(31)16-30-23(32)17-6-3-4-7-18(17)24(30)33/h3-9H,2,10-16H2,1H3,(H,26,31). The van der Waals surface area contributed by atoms with Crippen LogP contribution in [0.15, 0.2) is 42.5 Å². The molecule has 3 aromatic rings. The maximum Gasteiger partial charge on any atom is 0.262 e. The zero-order valence-corrected chi connectivity index (χ0v) is 20.3. The Morgan fingerprint density at radius 1 is 1.03 bits per heavy atom. The Kier molecular flexibility index (Phi) is 6.65. The lowest BCUT2D eigenvalue weighted by atomic mass is 10.1. The van der Waals surface area contributed by atoms with Crippen LogP contribution in [-0.2, 0) is 4.79 Å². The molecule has 0 spiro atoms. The number of benzene rings is 2. The lowest BCUT2D eigenvalue weighted by Gasteiger charge is -2.34. The first kappa shape index (κ1) is 23.3. The molecule has 3 amide bonds. The molecule has 2 aromatic carbocycles. The van der Waals surface area contributed by atoms with E-state index >= 15 is 0 Å². The highest BCUT2D eigenvalue weighted by molar-refractivity contribution is 7.22. The van der Waals surface area contributed by atoms with Crippen molar-refractivity contribution < 1.29 is 19.1 Å². The number of aromatic nitrogens is 1.